The molecule has 0 spiro atoms. The van der Waals surface area contributed by atoms with Gasteiger partial charge in [-0.1, -0.05) is 153 Å². The number of esters is 1. The van der Waals surface area contributed by atoms with Gasteiger partial charge in [0.2, 0.25) is 0 Å². The molecule has 0 aromatic rings. The Morgan fingerprint density at radius 2 is 1.00 bits per heavy atom. The number of hydrogen-bond donors (Lipinski definition) is 1. The molecule has 0 bridgehead atoms. The van der Waals surface area contributed by atoms with Crippen LogP contribution < -0.4 is 0 Å². The minimum Gasteiger partial charge on any atom is -0.457 e. The smallest absolute Gasteiger partial charge is 0.306 e. The average Bonchev–Trinajstić information content (AvgIpc) is 3.00. The Hall–Kier alpha value is -1.39. The van der Waals surface area contributed by atoms with Crippen molar-refractivity contribution >= 4 is 5.97 Å². The van der Waals surface area contributed by atoms with Crippen molar-refractivity contribution in [3.63, 3.8) is 0 Å². The molecule has 42 heavy (non-hydrogen) atoms. The number of hydrogen-bond acceptors (Lipinski definition) is 4. The third-order valence-electron chi connectivity index (χ3n) is 7.72. The van der Waals surface area contributed by atoms with E-state index in [9.17, 15) is 9.90 Å². The molecule has 0 aromatic heterocycles. The van der Waals surface area contributed by atoms with Crippen molar-refractivity contribution in [2.45, 2.75) is 180 Å². The van der Waals surface area contributed by atoms with Crippen LogP contribution in [-0.2, 0) is 14.3 Å². The summed E-state index contributed by atoms with van der Waals surface area (Å²) >= 11 is 0. The molecule has 0 aliphatic rings. The second-order valence-corrected chi connectivity index (χ2v) is 11.9. The monoisotopic (exact) mass is 591 g/mol. The first-order valence-corrected chi connectivity index (χ1v) is 18.1. The zero-order valence-corrected chi connectivity index (χ0v) is 28.0. The van der Waals surface area contributed by atoms with Gasteiger partial charge in [0.1, 0.15) is 6.10 Å². The summed E-state index contributed by atoms with van der Waals surface area (Å²) < 4.78 is 11.1. The molecule has 0 aliphatic carbocycles. The predicted molar refractivity (Wildman–Crippen MR) is 182 cm³/mol. The molecule has 4 heteroatoms. The first-order valence-electron chi connectivity index (χ1n) is 18.1. The van der Waals surface area contributed by atoms with Crippen LogP contribution in [0.15, 0.2) is 36.5 Å². The van der Waals surface area contributed by atoms with Gasteiger partial charge in [0.15, 0.2) is 0 Å². The number of unbranched alkanes of at least 4 members (excludes halogenated alkanes) is 19. The second kappa shape index (κ2) is 35.8. The van der Waals surface area contributed by atoms with Crippen molar-refractivity contribution < 1.29 is 19.4 Å². The molecular formula is C38H70O4. The van der Waals surface area contributed by atoms with Crippen molar-refractivity contribution in [2.24, 2.45) is 0 Å². The lowest BCUT2D eigenvalue weighted by Crippen LogP contribution is -2.27. The largest absolute Gasteiger partial charge is 0.457 e. The normalized spacial score (nSPS) is 12.7. The van der Waals surface area contributed by atoms with E-state index in [1.54, 1.807) is 0 Å². The van der Waals surface area contributed by atoms with Gasteiger partial charge in [0.05, 0.1) is 13.2 Å². The standard InChI is InChI=1S/C38H70O4/c1-3-5-7-9-11-13-15-16-17-18-19-20-21-22-23-25-27-29-31-33-38(40)42-37(35-39)36-41-34-32-30-28-26-24-14-12-10-8-6-4-2/h11,13,16-17,19-20,37,39H,3-10,12,14-15,18,21-36H2,1-2H3/b13-11-,17-16-,20-19-. The van der Waals surface area contributed by atoms with Crippen LogP contribution in [0, 0.1) is 0 Å². The summed E-state index contributed by atoms with van der Waals surface area (Å²) in [6.07, 6.45) is 43.2. The van der Waals surface area contributed by atoms with E-state index >= 15 is 0 Å². The van der Waals surface area contributed by atoms with E-state index in [-0.39, 0.29) is 12.6 Å². The van der Waals surface area contributed by atoms with Crippen molar-refractivity contribution in [3.05, 3.63) is 36.5 Å². The van der Waals surface area contributed by atoms with Gasteiger partial charge in [-0.25, -0.2) is 0 Å². The minimum absolute atomic E-state index is 0.175. The Labute approximate surface area is 261 Å². The third kappa shape index (κ3) is 33.1. The molecular weight excluding hydrogens is 520 g/mol. The molecule has 1 unspecified atom stereocenters. The molecule has 0 fully saturated rings. The summed E-state index contributed by atoms with van der Waals surface area (Å²) in [5.41, 5.74) is 0. The van der Waals surface area contributed by atoms with E-state index in [1.165, 1.54) is 109 Å². The Morgan fingerprint density at radius 3 is 1.55 bits per heavy atom. The molecule has 1 N–H and O–H groups in total. The summed E-state index contributed by atoms with van der Waals surface area (Å²) in [7, 11) is 0. The summed E-state index contributed by atoms with van der Waals surface area (Å²) in [6, 6.07) is 0. The molecule has 4 nitrogen and oxygen atoms in total. The molecule has 0 amide bonds. The van der Waals surface area contributed by atoms with Crippen LogP contribution in [0.25, 0.3) is 0 Å². The Bertz CT molecular complexity index is 625. The van der Waals surface area contributed by atoms with Crippen molar-refractivity contribution in [1.82, 2.24) is 0 Å². The molecule has 0 radical (unpaired) electrons. The molecule has 0 rings (SSSR count). The van der Waals surface area contributed by atoms with Gasteiger partial charge in [-0.3, -0.25) is 4.79 Å². The van der Waals surface area contributed by atoms with E-state index in [2.05, 4.69) is 50.3 Å². The Kier molecular flexibility index (Phi) is 34.6. The van der Waals surface area contributed by atoms with E-state index in [0.717, 1.165) is 44.9 Å². The van der Waals surface area contributed by atoms with Gasteiger partial charge in [0.25, 0.3) is 0 Å². The van der Waals surface area contributed by atoms with Gasteiger partial charge < -0.3 is 14.6 Å². The number of allylic oxidation sites excluding steroid dienone is 6. The van der Waals surface area contributed by atoms with E-state index < -0.39 is 6.10 Å². The van der Waals surface area contributed by atoms with Crippen LogP contribution >= 0.6 is 0 Å². The number of ether oxygens (including phenoxy) is 2. The Morgan fingerprint density at radius 1 is 0.571 bits per heavy atom. The highest BCUT2D eigenvalue weighted by Crippen LogP contribution is 2.12. The number of rotatable bonds is 33. The molecule has 0 saturated heterocycles. The third-order valence-corrected chi connectivity index (χ3v) is 7.72. The number of aliphatic hydroxyl groups is 1. The van der Waals surface area contributed by atoms with Crippen LogP contribution in [0.1, 0.15) is 174 Å². The van der Waals surface area contributed by atoms with Crippen LogP contribution in [0.4, 0.5) is 0 Å². The maximum Gasteiger partial charge on any atom is 0.306 e. The summed E-state index contributed by atoms with van der Waals surface area (Å²) in [6.45, 7) is 5.30. The van der Waals surface area contributed by atoms with Gasteiger partial charge in [-0.2, -0.15) is 0 Å². The highest BCUT2D eigenvalue weighted by Gasteiger charge is 2.13. The van der Waals surface area contributed by atoms with E-state index in [1.807, 2.05) is 0 Å². The van der Waals surface area contributed by atoms with Gasteiger partial charge in [0, 0.05) is 13.0 Å². The van der Waals surface area contributed by atoms with Gasteiger partial charge in [-0.05, 0) is 51.4 Å². The van der Waals surface area contributed by atoms with E-state index in [0.29, 0.717) is 19.6 Å². The summed E-state index contributed by atoms with van der Waals surface area (Å²) in [5, 5.41) is 9.53. The predicted octanol–water partition coefficient (Wildman–Crippen LogP) is 11.4. The minimum atomic E-state index is -0.536. The molecule has 0 saturated carbocycles. The molecule has 0 aliphatic heterocycles. The SMILES string of the molecule is CCCCC/C=C\C/C=C\C/C=C\CCCCCCCCC(=O)OC(CO)COCCCCCCCCCCCCC. The number of carbonyl (C=O) groups is 1. The highest BCUT2D eigenvalue weighted by atomic mass is 16.6. The summed E-state index contributed by atoms with van der Waals surface area (Å²) in [4.78, 5) is 12.1. The fourth-order valence-corrected chi connectivity index (χ4v) is 4.98. The molecule has 0 aromatic carbocycles. The van der Waals surface area contributed by atoms with Crippen LogP contribution in [-0.4, -0.2) is 37.0 Å². The fraction of sp³-hybridized carbons (Fsp3) is 0.816. The molecule has 1 atom stereocenters. The number of aliphatic hydroxyl groups excluding tert-OH is 1. The van der Waals surface area contributed by atoms with Crippen LogP contribution in [0.3, 0.4) is 0 Å². The highest BCUT2D eigenvalue weighted by molar-refractivity contribution is 5.69. The topological polar surface area (TPSA) is 55.8 Å². The Balaban J connectivity index is 3.49. The zero-order chi connectivity index (χ0) is 30.6. The molecule has 246 valence electrons. The van der Waals surface area contributed by atoms with Crippen LogP contribution in [0.5, 0.6) is 0 Å². The molecule has 0 heterocycles. The van der Waals surface area contributed by atoms with Crippen molar-refractivity contribution in [2.75, 3.05) is 19.8 Å². The van der Waals surface area contributed by atoms with Crippen molar-refractivity contribution in [1.29, 1.82) is 0 Å². The lowest BCUT2D eigenvalue weighted by Gasteiger charge is -2.15. The second-order valence-electron chi connectivity index (χ2n) is 11.9. The number of carbonyl (C=O) groups excluding carboxylic acids is 1. The maximum atomic E-state index is 12.1. The fourth-order valence-electron chi connectivity index (χ4n) is 4.98. The first-order chi connectivity index (χ1) is 20.7. The van der Waals surface area contributed by atoms with Crippen LogP contribution in [0.2, 0.25) is 0 Å². The van der Waals surface area contributed by atoms with E-state index in [4.69, 9.17) is 9.47 Å². The quantitative estimate of drug-likeness (QED) is 0.0469. The average molecular weight is 591 g/mol. The lowest BCUT2D eigenvalue weighted by molar-refractivity contribution is -0.154. The first kappa shape index (κ1) is 40.6. The zero-order valence-electron chi connectivity index (χ0n) is 28.0. The summed E-state index contributed by atoms with van der Waals surface area (Å²) in [5.74, 6) is -0.213. The van der Waals surface area contributed by atoms with Gasteiger partial charge in [-0.15, -0.1) is 0 Å². The van der Waals surface area contributed by atoms with Gasteiger partial charge >= 0.3 is 5.97 Å². The van der Waals surface area contributed by atoms with Crippen molar-refractivity contribution in [3.8, 4) is 0 Å². The lowest BCUT2D eigenvalue weighted by atomic mass is 10.1. The maximum absolute atomic E-state index is 12.1.